The fraction of sp³-hybridized carbons (Fsp3) is 0.300. The molecule has 35 heavy (non-hydrogen) atoms. The summed E-state index contributed by atoms with van der Waals surface area (Å²) in [6.07, 6.45) is 2.00. The van der Waals surface area contributed by atoms with Gasteiger partial charge in [-0.15, -0.1) is 0 Å². The number of nitrogens with zero attached hydrogens (tertiary/aromatic N) is 1. The Bertz CT molecular complexity index is 1270. The smallest absolute Gasteiger partial charge is 0.261 e. The molecule has 1 amide bonds. The number of nitrogens with one attached hydrogen (secondary N) is 1. The number of ether oxygens (including phenoxy) is 2. The van der Waals surface area contributed by atoms with Crippen LogP contribution in [0.4, 0.5) is 0 Å². The molecule has 5 nitrogen and oxygen atoms in total. The lowest BCUT2D eigenvalue weighted by atomic mass is 9.87. The number of carbonyl (C=O) groups is 1. The Morgan fingerprint density at radius 2 is 1.60 bits per heavy atom. The highest BCUT2D eigenvalue weighted by atomic mass is 16.5. The van der Waals surface area contributed by atoms with Gasteiger partial charge in [-0.3, -0.25) is 4.79 Å². The maximum absolute atomic E-state index is 13.5. The number of amides is 1. The zero-order chi connectivity index (χ0) is 25.0. The predicted molar refractivity (Wildman–Crippen MR) is 141 cm³/mol. The fourth-order valence-corrected chi connectivity index (χ4v) is 4.42. The van der Waals surface area contributed by atoms with Crippen molar-refractivity contribution in [3.8, 4) is 11.5 Å². The Balaban J connectivity index is 1.62. The van der Waals surface area contributed by atoms with Gasteiger partial charge in [-0.25, -0.2) is 0 Å². The monoisotopic (exact) mass is 470 g/mol. The van der Waals surface area contributed by atoms with E-state index in [0.717, 1.165) is 27.8 Å². The predicted octanol–water partition coefficient (Wildman–Crippen LogP) is 6.49. The molecule has 1 N–H and O–H groups in total. The molecular weight excluding hydrogens is 436 g/mol. The molecule has 0 saturated heterocycles. The van der Waals surface area contributed by atoms with Crippen LogP contribution >= 0.6 is 0 Å². The number of carbonyl (C=O) groups excluding carboxylic acids is 1. The van der Waals surface area contributed by atoms with Gasteiger partial charge < -0.3 is 19.4 Å². The van der Waals surface area contributed by atoms with E-state index in [1.54, 1.807) is 7.11 Å². The Hall–Kier alpha value is -3.73. The maximum Gasteiger partial charge on any atom is 0.261 e. The van der Waals surface area contributed by atoms with E-state index in [0.29, 0.717) is 12.3 Å². The Morgan fingerprint density at radius 1 is 0.943 bits per heavy atom. The van der Waals surface area contributed by atoms with Gasteiger partial charge in [0.1, 0.15) is 11.5 Å². The van der Waals surface area contributed by atoms with E-state index in [9.17, 15) is 4.79 Å². The van der Waals surface area contributed by atoms with Crippen LogP contribution in [0.5, 0.6) is 11.5 Å². The summed E-state index contributed by atoms with van der Waals surface area (Å²) in [6, 6.07) is 23.8. The van der Waals surface area contributed by atoms with Crippen LogP contribution < -0.4 is 9.47 Å². The largest absolute Gasteiger partial charge is 0.497 e. The van der Waals surface area contributed by atoms with Crippen LogP contribution in [0.2, 0.25) is 0 Å². The Kier molecular flexibility index (Phi) is 7.15. The molecule has 1 atom stereocenters. The first kappa shape index (κ1) is 24.4. The first-order valence-electron chi connectivity index (χ1n) is 12.0. The molecule has 0 bridgehead atoms. The van der Waals surface area contributed by atoms with Gasteiger partial charge in [-0.05, 0) is 53.8 Å². The number of rotatable bonds is 8. The Morgan fingerprint density at radius 3 is 2.23 bits per heavy atom. The SMILES string of the molecule is CCN(C(=O)COc1ccc(C(C)(C)C)cc1)C(c1ccc(OC)cc1)c1c[nH]c2ccccc12. The van der Waals surface area contributed by atoms with Gasteiger partial charge in [0.05, 0.1) is 13.2 Å². The molecule has 0 fully saturated rings. The van der Waals surface area contributed by atoms with Crippen molar-refractivity contribution < 1.29 is 14.3 Å². The number of benzene rings is 3. The summed E-state index contributed by atoms with van der Waals surface area (Å²) >= 11 is 0. The number of likely N-dealkylation sites (N-methyl/N-ethyl adjacent to an activating group) is 1. The number of para-hydroxylation sites is 1. The Labute approximate surface area is 207 Å². The van der Waals surface area contributed by atoms with Crippen molar-refractivity contribution in [1.82, 2.24) is 9.88 Å². The van der Waals surface area contributed by atoms with Crippen molar-refractivity contribution in [2.24, 2.45) is 0 Å². The van der Waals surface area contributed by atoms with Gasteiger partial charge in [0, 0.05) is 29.2 Å². The molecule has 0 aliphatic heterocycles. The van der Waals surface area contributed by atoms with Crippen molar-refractivity contribution in [2.75, 3.05) is 20.3 Å². The first-order chi connectivity index (χ1) is 16.8. The molecule has 0 spiro atoms. The molecular formula is C30H34N2O3. The molecule has 3 aromatic carbocycles. The molecule has 0 aliphatic carbocycles. The van der Waals surface area contributed by atoms with E-state index in [4.69, 9.17) is 9.47 Å². The lowest BCUT2D eigenvalue weighted by molar-refractivity contribution is -0.134. The molecule has 1 heterocycles. The van der Waals surface area contributed by atoms with Gasteiger partial charge in [0.25, 0.3) is 5.91 Å². The van der Waals surface area contributed by atoms with Crippen LogP contribution in [0.25, 0.3) is 10.9 Å². The van der Waals surface area contributed by atoms with E-state index in [1.807, 2.05) is 72.6 Å². The number of hydrogen-bond donors (Lipinski definition) is 1. The second-order valence-corrected chi connectivity index (χ2v) is 9.71. The normalized spacial score (nSPS) is 12.4. The quantitative estimate of drug-likeness (QED) is 0.320. The molecule has 182 valence electrons. The maximum atomic E-state index is 13.5. The highest BCUT2D eigenvalue weighted by molar-refractivity contribution is 5.86. The number of methoxy groups -OCH3 is 1. The van der Waals surface area contributed by atoms with Crippen molar-refractivity contribution in [1.29, 1.82) is 0 Å². The van der Waals surface area contributed by atoms with Crippen LogP contribution in [0, 0.1) is 0 Å². The minimum absolute atomic E-state index is 0.0300. The van der Waals surface area contributed by atoms with Crippen LogP contribution in [0.1, 0.15) is 50.4 Å². The molecule has 0 saturated carbocycles. The van der Waals surface area contributed by atoms with Crippen molar-refractivity contribution >= 4 is 16.8 Å². The molecule has 1 aromatic heterocycles. The van der Waals surface area contributed by atoms with Crippen LogP contribution in [-0.4, -0.2) is 36.1 Å². The van der Waals surface area contributed by atoms with Crippen molar-refractivity contribution in [3.05, 3.63) is 95.7 Å². The highest BCUT2D eigenvalue weighted by Gasteiger charge is 2.28. The van der Waals surface area contributed by atoms with E-state index in [2.05, 4.69) is 44.0 Å². The van der Waals surface area contributed by atoms with Gasteiger partial charge in [-0.2, -0.15) is 0 Å². The van der Waals surface area contributed by atoms with Crippen molar-refractivity contribution in [2.45, 2.75) is 39.2 Å². The molecule has 0 radical (unpaired) electrons. The number of aromatic nitrogens is 1. The van der Waals surface area contributed by atoms with Gasteiger partial charge >= 0.3 is 0 Å². The zero-order valence-corrected chi connectivity index (χ0v) is 21.2. The second-order valence-electron chi connectivity index (χ2n) is 9.71. The summed E-state index contributed by atoms with van der Waals surface area (Å²) in [6.45, 7) is 9.04. The first-order valence-corrected chi connectivity index (χ1v) is 12.0. The van der Waals surface area contributed by atoms with Crippen LogP contribution in [0.15, 0.2) is 79.0 Å². The summed E-state index contributed by atoms with van der Waals surface area (Å²) in [5.41, 5.74) is 4.40. The molecule has 0 aliphatic rings. The van der Waals surface area contributed by atoms with Crippen molar-refractivity contribution in [3.63, 3.8) is 0 Å². The number of H-pyrrole nitrogens is 1. The number of aromatic amines is 1. The van der Waals surface area contributed by atoms with Crippen LogP contribution in [0.3, 0.4) is 0 Å². The number of fused-ring (bicyclic) bond motifs is 1. The third-order valence-electron chi connectivity index (χ3n) is 6.40. The average Bonchev–Trinajstić information content (AvgIpc) is 3.29. The van der Waals surface area contributed by atoms with E-state index in [1.165, 1.54) is 5.56 Å². The van der Waals surface area contributed by atoms with E-state index >= 15 is 0 Å². The minimum atomic E-state index is -0.263. The molecule has 4 rings (SSSR count). The average molecular weight is 471 g/mol. The summed E-state index contributed by atoms with van der Waals surface area (Å²) < 4.78 is 11.3. The topological polar surface area (TPSA) is 54.6 Å². The van der Waals surface area contributed by atoms with E-state index < -0.39 is 0 Å². The van der Waals surface area contributed by atoms with Gasteiger partial charge in [-0.1, -0.05) is 63.2 Å². The number of hydrogen-bond acceptors (Lipinski definition) is 3. The lowest BCUT2D eigenvalue weighted by Crippen LogP contribution is -2.38. The van der Waals surface area contributed by atoms with E-state index in [-0.39, 0.29) is 24.0 Å². The molecule has 1 unspecified atom stereocenters. The van der Waals surface area contributed by atoms with Gasteiger partial charge in [0.2, 0.25) is 0 Å². The summed E-state index contributed by atoms with van der Waals surface area (Å²) in [4.78, 5) is 18.7. The standard InChI is InChI=1S/C30H34N2O3/c1-6-32(28(33)20-35-24-17-13-22(14-18-24)30(2,3)4)29(21-11-15-23(34-5)16-12-21)26-19-31-27-10-8-7-9-25(26)27/h7-19,29,31H,6,20H2,1-5H3. The highest BCUT2D eigenvalue weighted by Crippen LogP contribution is 2.34. The third-order valence-corrected chi connectivity index (χ3v) is 6.40. The summed E-state index contributed by atoms with van der Waals surface area (Å²) in [7, 11) is 1.65. The third kappa shape index (κ3) is 5.35. The lowest BCUT2D eigenvalue weighted by Gasteiger charge is -2.31. The minimum Gasteiger partial charge on any atom is -0.497 e. The van der Waals surface area contributed by atoms with Gasteiger partial charge in [0.15, 0.2) is 6.61 Å². The summed E-state index contributed by atoms with van der Waals surface area (Å²) in [5, 5.41) is 1.10. The fourth-order valence-electron chi connectivity index (χ4n) is 4.42. The molecule has 4 aromatic rings. The zero-order valence-electron chi connectivity index (χ0n) is 21.2. The van der Waals surface area contributed by atoms with Crippen LogP contribution in [-0.2, 0) is 10.2 Å². The molecule has 5 heteroatoms. The second kappa shape index (κ2) is 10.3. The summed E-state index contributed by atoms with van der Waals surface area (Å²) in [5.74, 6) is 1.40.